The highest BCUT2D eigenvalue weighted by Crippen LogP contribution is 2.17. The van der Waals surface area contributed by atoms with Crippen LogP contribution in [0.5, 0.6) is 0 Å². The first kappa shape index (κ1) is 16.5. The van der Waals surface area contributed by atoms with E-state index in [1.54, 1.807) is 31.2 Å². The molecule has 0 radical (unpaired) electrons. The summed E-state index contributed by atoms with van der Waals surface area (Å²) >= 11 is 0. The van der Waals surface area contributed by atoms with Crippen LogP contribution in [0.2, 0.25) is 0 Å². The molecular weight excluding hydrogens is 284 g/mol. The summed E-state index contributed by atoms with van der Waals surface area (Å²) in [5.41, 5.74) is 0.845. The molecule has 1 aliphatic rings. The molecule has 1 aromatic carbocycles. The van der Waals surface area contributed by atoms with Gasteiger partial charge in [-0.3, -0.25) is 9.69 Å². The van der Waals surface area contributed by atoms with Crippen molar-refractivity contribution in [3.63, 3.8) is 0 Å². The van der Waals surface area contributed by atoms with E-state index >= 15 is 0 Å². The molecule has 0 spiro atoms. The lowest BCUT2D eigenvalue weighted by Crippen LogP contribution is -2.47. The van der Waals surface area contributed by atoms with Crippen LogP contribution < -0.4 is 5.32 Å². The number of rotatable bonds is 5. The molecule has 1 fully saturated rings. The Morgan fingerprint density at radius 3 is 2.68 bits per heavy atom. The summed E-state index contributed by atoms with van der Waals surface area (Å²) in [6, 6.07) is 6.59. The Morgan fingerprint density at radius 2 is 2.00 bits per heavy atom. The molecule has 6 nitrogen and oxygen atoms in total. The molecule has 22 heavy (non-hydrogen) atoms. The lowest BCUT2D eigenvalue weighted by Gasteiger charge is -2.31. The second-order valence-electron chi connectivity index (χ2n) is 5.08. The van der Waals surface area contributed by atoms with Crippen molar-refractivity contribution >= 4 is 17.6 Å². The molecule has 0 saturated carbocycles. The third-order valence-electron chi connectivity index (χ3n) is 3.65. The van der Waals surface area contributed by atoms with Crippen LogP contribution in [0.25, 0.3) is 0 Å². The van der Waals surface area contributed by atoms with Gasteiger partial charge in [0.2, 0.25) is 5.91 Å². The van der Waals surface area contributed by atoms with Crippen molar-refractivity contribution in [3.05, 3.63) is 29.8 Å². The molecule has 6 heteroatoms. The highest BCUT2D eigenvalue weighted by atomic mass is 16.5. The fourth-order valence-electron chi connectivity index (χ4n) is 2.35. The molecule has 0 unspecified atom stereocenters. The van der Waals surface area contributed by atoms with E-state index in [9.17, 15) is 9.59 Å². The van der Waals surface area contributed by atoms with Crippen molar-refractivity contribution in [1.29, 1.82) is 0 Å². The van der Waals surface area contributed by atoms with E-state index < -0.39 is 5.97 Å². The maximum absolute atomic E-state index is 12.4. The van der Waals surface area contributed by atoms with Gasteiger partial charge in [0.15, 0.2) is 0 Å². The molecule has 1 saturated heterocycles. The van der Waals surface area contributed by atoms with E-state index in [1.165, 1.54) is 0 Å². The van der Waals surface area contributed by atoms with Crippen LogP contribution in [0.3, 0.4) is 0 Å². The number of carbonyl (C=O) groups excluding carboxylic acids is 2. The summed E-state index contributed by atoms with van der Waals surface area (Å²) in [5, 5.41) is 2.82. The van der Waals surface area contributed by atoms with E-state index in [4.69, 9.17) is 9.47 Å². The number of hydrogen-bond acceptors (Lipinski definition) is 5. The van der Waals surface area contributed by atoms with Gasteiger partial charge in [-0.25, -0.2) is 4.79 Å². The van der Waals surface area contributed by atoms with Crippen LogP contribution in [0.15, 0.2) is 24.3 Å². The van der Waals surface area contributed by atoms with Gasteiger partial charge in [0.25, 0.3) is 0 Å². The second-order valence-corrected chi connectivity index (χ2v) is 5.08. The zero-order valence-electron chi connectivity index (χ0n) is 13.0. The number of nitrogens with zero attached hydrogens (tertiary/aromatic N) is 1. The van der Waals surface area contributed by atoms with Crippen LogP contribution in [-0.2, 0) is 14.3 Å². The van der Waals surface area contributed by atoms with Crippen LogP contribution in [0.1, 0.15) is 24.2 Å². The molecule has 0 aliphatic carbocycles. The fraction of sp³-hybridized carbons (Fsp3) is 0.500. The largest absolute Gasteiger partial charge is 0.462 e. The van der Waals surface area contributed by atoms with Gasteiger partial charge in [-0.05, 0) is 26.0 Å². The standard InChI is InChI=1S/C16H22N2O4/c1-3-22-16(20)13-6-4-5-7-14(13)17-15(19)12(2)18-8-10-21-11-9-18/h4-7,12H,3,8-11H2,1-2H3,(H,17,19)/t12-/m0/s1. The van der Waals surface area contributed by atoms with Crippen molar-refractivity contribution < 1.29 is 19.1 Å². The molecule has 0 aromatic heterocycles. The highest BCUT2D eigenvalue weighted by molar-refractivity contribution is 6.02. The van der Waals surface area contributed by atoms with Gasteiger partial charge in [0, 0.05) is 13.1 Å². The van der Waals surface area contributed by atoms with Crippen LogP contribution in [-0.4, -0.2) is 55.7 Å². The average molecular weight is 306 g/mol. The van der Waals surface area contributed by atoms with E-state index in [1.807, 2.05) is 6.92 Å². The van der Waals surface area contributed by atoms with Gasteiger partial charge in [0.05, 0.1) is 37.1 Å². The third-order valence-corrected chi connectivity index (χ3v) is 3.65. The molecule has 0 bridgehead atoms. The first-order valence-electron chi connectivity index (χ1n) is 7.52. The van der Waals surface area contributed by atoms with E-state index in [0.29, 0.717) is 31.1 Å². The van der Waals surface area contributed by atoms with Crippen molar-refractivity contribution in [3.8, 4) is 0 Å². The summed E-state index contributed by atoms with van der Waals surface area (Å²) in [6.45, 7) is 6.63. The Balaban J connectivity index is 2.06. The Bertz CT molecular complexity index is 527. The average Bonchev–Trinajstić information content (AvgIpc) is 2.55. The Labute approximate surface area is 130 Å². The number of carbonyl (C=O) groups is 2. The monoisotopic (exact) mass is 306 g/mol. The molecular formula is C16H22N2O4. The van der Waals surface area contributed by atoms with Gasteiger partial charge in [-0.15, -0.1) is 0 Å². The summed E-state index contributed by atoms with van der Waals surface area (Å²) < 4.78 is 10.3. The quantitative estimate of drug-likeness (QED) is 0.836. The van der Waals surface area contributed by atoms with E-state index in [0.717, 1.165) is 13.1 Å². The highest BCUT2D eigenvalue weighted by Gasteiger charge is 2.24. The Morgan fingerprint density at radius 1 is 1.32 bits per heavy atom. The van der Waals surface area contributed by atoms with Gasteiger partial charge in [-0.1, -0.05) is 12.1 Å². The zero-order valence-corrected chi connectivity index (χ0v) is 13.0. The minimum atomic E-state index is -0.433. The number of morpholine rings is 1. The van der Waals surface area contributed by atoms with E-state index in [-0.39, 0.29) is 11.9 Å². The van der Waals surface area contributed by atoms with Crippen molar-refractivity contribution in [2.75, 3.05) is 38.2 Å². The Kier molecular flexibility index (Phi) is 5.91. The van der Waals surface area contributed by atoms with Gasteiger partial charge in [-0.2, -0.15) is 0 Å². The predicted octanol–water partition coefficient (Wildman–Crippen LogP) is 1.52. The summed E-state index contributed by atoms with van der Waals surface area (Å²) in [7, 11) is 0. The van der Waals surface area contributed by atoms with Crippen molar-refractivity contribution in [1.82, 2.24) is 4.90 Å². The molecule has 120 valence electrons. The third kappa shape index (κ3) is 4.05. The zero-order chi connectivity index (χ0) is 15.9. The Hall–Kier alpha value is -1.92. The number of esters is 1. The molecule has 1 amide bonds. The summed E-state index contributed by atoms with van der Waals surface area (Å²) in [5.74, 6) is -0.573. The number of benzene rings is 1. The molecule has 1 aliphatic heterocycles. The number of para-hydroxylation sites is 1. The maximum Gasteiger partial charge on any atom is 0.340 e. The number of amides is 1. The van der Waals surface area contributed by atoms with Crippen molar-refractivity contribution in [2.24, 2.45) is 0 Å². The van der Waals surface area contributed by atoms with Crippen LogP contribution >= 0.6 is 0 Å². The second kappa shape index (κ2) is 7.91. The lowest BCUT2D eigenvalue weighted by atomic mass is 10.1. The number of anilines is 1. The van der Waals surface area contributed by atoms with Gasteiger partial charge >= 0.3 is 5.97 Å². The molecule has 1 aromatic rings. The van der Waals surface area contributed by atoms with Crippen LogP contribution in [0, 0.1) is 0 Å². The number of nitrogens with one attached hydrogen (secondary N) is 1. The van der Waals surface area contributed by atoms with E-state index in [2.05, 4.69) is 10.2 Å². The summed E-state index contributed by atoms with van der Waals surface area (Å²) in [4.78, 5) is 26.4. The van der Waals surface area contributed by atoms with Gasteiger partial charge in [0.1, 0.15) is 0 Å². The molecule has 1 atom stereocenters. The predicted molar refractivity (Wildman–Crippen MR) is 82.9 cm³/mol. The lowest BCUT2D eigenvalue weighted by molar-refractivity contribution is -0.122. The van der Waals surface area contributed by atoms with Crippen LogP contribution in [0.4, 0.5) is 5.69 Å². The molecule has 1 N–H and O–H groups in total. The smallest absolute Gasteiger partial charge is 0.340 e. The molecule has 2 rings (SSSR count). The topological polar surface area (TPSA) is 67.9 Å². The summed E-state index contributed by atoms with van der Waals surface area (Å²) in [6.07, 6.45) is 0. The number of ether oxygens (including phenoxy) is 2. The SMILES string of the molecule is CCOC(=O)c1ccccc1NC(=O)[C@H](C)N1CCOCC1. The maximum atomic E-state index is 12.4. The normalized spacial score (nSPS) is 16.8. The number of hydrogen-bond donors (Lipinski definition) is 1. The fourth-order valence-corrected chi connectivity index (χ4v) is 2.35. The first-order valence-corrected chi connectivity index (χ1v) is 7.52. The minimum Gasteiger partial charge on any atom is -0.462 e. The minimum absolute atomic E-state index is 0.140. The molecule has 1 heterocycles. The van der Waals surface area contributed by atoms with Gasteiger partial charge < -0.3 is 14.8 Å². The van der Waals surface area contributed by atoms with Crippen molar-refractivity contribution in [2.45, 2.75) is 19.9 Å². The first-order chi connectivity index (χ1) is 10.6.